The van der Waals surface area contributed by atoms with Crippen LogP contribution in [0.2, 0.25) is 5.02 Å². The molecule has 0 spiro atoms. The Labute approximate surface area is 132 Å². The average molecular weight is 323 g/mol. The number of aromatic nitrogens is 2. The van der Waals surface area contributed by atoms with Crippen molar-refractivity contribution in [2.75, 3.05) is 5.88 Å². The molecule has 0 atom stereocenters. The van der Waals surface area contributed by atoms with Crippen LogP contribution in [0.1, 0.15) is 11.4 Å². The molecule has 3 rings (SSSR count). The van der Waals surface area contributed by atoms with Crippen LogP contribution in [-0.4, -0.2) is 15.4 Å². The molecule has 5 heteroatoms. The highest BCUT2D eigenvalue weighted by atomic mass is 35.5. The third-order valence-corrected chi connectivity index (χ3v) is 3.84. The van der Waals surface area contributed by atoms with Gasteiger partial charge in [-0.3, -0.25) is 4.57 Å². The molecule has 1 aromatic heterocycles. The lowest BCUT2D eigenvalue weighted by molar-refractivity contribution is 0.627. The Bertz CT molecular complexity index is 811. The lowest BCUT2D eigenvalue weighted by Crippen LogP contribution is -2.02. The van der Waals surface area contributed by atoms with E-state index in [9.17, 15) is 4.39 Å². The minimum Gasteiger partial charge on any atom is -0.296 e. The molecular formula is C16H13Cl2FN2. The van der Waals surface area contributed by atoms with Gasteiger partial charge in [-0.05, 0) is 42.8 Å². The van der Waals surface area contributed by atoms with Crippen molar-refractivity contribution < 1.29 is 4.39 Å². The van der Waals surface area contributed by atoms with Crippen molar-refractivity contribution in [1.82, 2.24) is 9.55 Å². The van der Waals surface area contributed by atoms with E-state index in [1.165, 1.54) is 6.07 Å². The van der Waals surface area contributed by atoms with E-state index in [0.717, 1.165) is 28.1 Å². The van der Waals surface area contributed by atoms with Gasteiger partial charge in [0, 0.05) is 18.0 Å². The minimum absolute atomic E-state index is 0.0961. The van der Waals surface area contributed by atoms with E-state index >= 15 is 0 Å². The summed E-state index contributed by atoms with van der Waals surface area (Å²) >= 11 is 11.8. The number of aryl methyl sites for hydroxylation is 2. The zero-order valence-corrected chi connectivity index (χ0v) is 12.9. The summed E-state index contributed by atoms with van der Waals surface area (Å²) in [6.07, 6.45) is 0.629. The van der Waals surface area contributed by atoms with Gasteiger partial charge in [0.05, 0.1) is 16.1 Å². The number of alkyl halides is 1. The van der Waals surface area contributed by atoms with Gasteiger partial charge in [-0.15, -0.1) is 11.6 Å². The number of rotatable bonds is 3. The van der Waals surface area contributed by atoms with Crippen LogP contribution in [0, 0.1) is 12.7 Å². The van der Waals surface area contributed by atoms with Crippen LogP contribution in [0.15, 0.2) is 36.4 Å². The lowest BCUT2D eigenvalue weighted by atomic mass is 10.2. The van der Waals surface area contributed by atoms with Crippen molar-refractivity contribution in [3.05, 3.63) is 58.6 Å². The topological polar surface area (TPSA) is 17.8 Å². The number of benzene rings is 2. The Hall–Kier alpha value is -1.58. The molecular weight excluding hydrogens is 310 g/mol. The van der Waals surface area contributed by atoms with Gasteiger partial charge in [0.25, 0.3) is 0 Å². The summed E-state index contributed by atoms with van der Waals surface area (Å²) in [6.45, 7) is 2.02. The fourth-order valence-corrected chi connectivity index (χ4v) is 2.74. The Kier molecular flexibility index (Phi) is 3.87. The molecule has 2 nitrogen and oxygen atoms in total. The van der Waals surface area contributed by atoms with Gasteiger partial charge in [-0.2, -0.15) is 0 Å². The summed E-state index contributed by atoms with van der Waals surface area (Å²) < 4.78 is 15.4. The number of hydrogen-bond acceptors (Lipinski definition) is 1. The van der Waals surface area contributed by atoms with E-state index in [0.29, 0.717) is 12.3 Å². The van der Waals surface area contributed by atoms with Crippen molar-refractivity contribution in [1.29, 1.82) is 0 Å². The van der Waals surface area contributed by atoms with Crippen molar-refractivity contribution in [2.45, 2.75) is 13.3 Å². The van der Waals surface area contributed by atoms with Gasteiger partial charge in [-0.25, -0.2) is 9.37 Å². The maximum Gasteiger partial charge on any atom is 0.141 e. The van der Waals surface area contributed by atoms with Crippen LogP contribution >= 0.6 is 23.2 Å². The number of hydrogen-bond donors (Lipinski definition) is 0. The highest BCUT2D eigenvalue weighted by Gasteiger charge is 2.13. The van der Waals surface area contributed by atoms with Crippen LogP contribution in [0.3, 0.4) is 0 Å². The predicted molar refractivity (Wildman–Crippen MR) is 85.2 cm³/mol. The first kappa shape index (κ1) is 14.4. The summed E-state index contributed by atoms with van der Waals surface area (Å²) in [5.74, 6) is 0.880. The number of fused-ring (bicyclic) bond motifs is 1. The van der Waals surface area contributed by atoms with Gasteiger partial charge in [0.2, 0.25) is 0 Å². The molecule has 2 aromatic carbocycles. The van der Waals surface area contributed by atoms with Crippen molar-refractivity contribution in [3.8, 4) is 5.69 Å². The Morgan fingerprint density at radius 2 is 2.00 bits per heavy atom. The molecule has 0 aliphatic heterocycles. The molecule has 0 amide bonds. The molecule has 0 aliphatic carbocycles. The summed E-state index contributed by atoms with van der Waals surface area (Å²) in [5.41, 5.74) is 3.78. The van der Waals surface area contributed by atoms with Crippen LogP contribution in [-0.2, 0) is 6.42 Å². The number of halogens is 3. The molecule has 0 fully saturated rings. The molecule has 0 saturated heterocycles. The summed E-state index contributed by atoms with van der Waals surface area (Å²) in [5, 5.41) is 0.0961. The van der Waals surface area contributed by atoms with Crippen LogP contribution in [0.25, 0.3) is 16.7 Å². The van der Waals surface area contributed by atoms with Crippen LogP contribution in [0.5, 0.6) is 0 Å². The first-order valence-electron chi connectivity index (χ1n) is 6.59. The first-order valence-corrected chi connectivity index (χ1v) is 7.51. The van der Waals surface area contributed by atoms with Crippen molar-refractivity contribution in [2.24, 2.45) is 0 Å². The highest BCUT2D eigenvalue weighted by molar-refractivity contribution is 6.30. The van der Waals surface area contributed by atoms with Gasteiger partial charge < -0.3 is 0 Å². The van der Waals surface area contributed by atoms with E-state index in [1.54, 1.807) is 12.1 Å². The summed E-state index contributed by atoms with van der Waals surface area (Å²) in [6, 6.07) is 10.7. The molecule has 21 heavy (non-hydrogen) atoms. The van der Waals surface area contributed by atoms with Gasteiger partial charge in [0.15, 0.2) is 0 Å². The summed E-state index contributed by atoms with van der Waals surface area (Å²) in [7, 11) is 0. The largest absolute Gasteiger partial charge is 0.296 e. The predicted octanol–water partition coefficient (Wildman–Crippen LogP) is 4.91. The van der Waals surface area contributed by atoms with E-state index < -0.39 is 5.82 Å². The normalized spacial score (nSPS) is 11.2. The van der Waals surface area contributed by atoms with E-state index in [2.05, 4.69) is 11.1 Å². The van der Waals surface area contributed by atoms with Gasteiger partial charge in [-0.1, -0.05) is 17.7 Å². The first-order chi connectivity index (χ1) is 10.1. The second-order valence-electron chi connectivity index (χ2n) is 4.89. The smallest absolute Gasteiger partial charge is 0.141 e. The van der Waals surface area contributed by atoms with Gasteiger partial charge in [0.1, 0.15) is 11.6 Å². The fraction of sp³-hybridized carbons (Fsp3) is 0.188. The van der Waals surface area contributed by atoms with Crippen LogP contribution in [0.4, 0.5) is 4.39 Å². The maximum atomic E-state index is 13.4. The van der Waals surface area contributed by atoms with E-state index in [-0.39, 0.29) is 5.02 Å². The molecule has 0 aliphatic rings. The molecule has 1 heterocycles. The maximum absolute atomic E-state index is 13.4. The molecule has 0 bridgehead atoms. The molecule has 108 valence electrons. The Balaban J connectivity index is 2.29. The average Bonchev–Trinajstić information content (AvgIpc) is 2.80. The SMILES string of the molecule is Cc1ccc2nc(CCCl)n(-c3ccc(F)c(Cl)c3)c2c1. The third kappa shape index (κ3) is 2.63. The monoisotopic (exact) mass is 322 g/mol. The standard InChI is InChI=1S/C16H13Cl2FN2/c1-10-2-5-14-15(8-10)21(16(20-14)6-7-17)11-3-4-13(19)12(18)9-11/h2-5,8-9H,6-7H2,1H3. The van der Waals surface area contributed by atoms with Gasteiger partial charge >= 0.3 is 0 Å². The quantitative estimate of drug-likeness (QED) is 0.626. The van der Waals surface area contributed by atoms with Crippen molar-refractivity contribution in [3.63, 3.8) is 0 Å². The highest BCUT2D eigenvalue weighted by Crippen LogP contribution is 2.26. The van der Waals surface area contributed by atoms with Crippen LogP contribution < -0.4 is 0 Å². The van der Waals surface area contributed by atoms with Crippen molar-refractivity contribution >= 4 is 34.2 Å². The second-order valence-corrected chi connectivity index (χ2v) is 5.68. The van der Waals surface area contributed by atoms with E-state index in [1.807, 2.05) is 23.6 Å². The zero-order chi connectivity index (χ0) is 15.0. The number of imidazole rings is 1. The van der Waals surface area contributed by atoms with E-state index in [4.69, 9.17) is 23.2 Å². The Morgan fingerprint density at radius 1 is 1.19 bits per heavy atom. The molecule has 0 N–H and O–H groups in total. The molecule has 0 saturated carbocycles. The fourth-order valence-electron chi connectivity index (χ4n) is 2.40. The molecule has 0 radical (unpaired) electrons. The Morgan fingerprint density at radius 3 is 2.71 bits per heavy atom. The molecule has 3 aromatic rings. The third-order valence-electron chi connectivity index (χ3n) is 3.36. The number of nitrogens with zero attached hydrogens (tertiary/aromatic N) is 2. The molecule has 0 unspecified atom stereocenters. The minimum atomic E-state index is -0.431. The zero-order valence-electron chi connectivity index (χ0n) is 11.4. The summed E-state index contributed by atoms with van der Waals surface area (Å²) in [4.78, 5) is 4.61. The second kappa shape index (κ2) is 5.66. The lowest BCUT2D eigenvalue weighted by Gasteiger charge is -2.09.